The maximum Gasteiger partial charge on any atom is 0.251 e. The van der Waals surface area contributed by atoms with Crippen molar-refractivity contribution in [2.24, 2.45) is 5.73 Å². The van der Waals surface area contributed by atoms with Crippen LogP contribution in [0.5, 0.6) is 0 Å². The highest BCUT2D eigenvalue weighted by atomic mass is 16.5. The first-order valence-electron chi connectivity index (χ1n) is 7.43. The van der Waals surface area contributed by atoms with E-state index in [9.17, 15) is 4.79 Å². The number of nitrogens with two attached hydrogens (primary N) is 1. The molecule has 7 heteroatoms. The number of hydrogen-bond donors (Lipinski definition) is 1. The van der Waals surface area contributed by atoms with Gasteiger partial charge in [0.25, 0.3) is 5.91 Å². The van der Waals surface area contributed by atoms with E-state index in [-0.39, 0.29) is 18.1 Å². The second-order valence-corrected chi connectivity index (χ2v) is 5.44. The average Bonchev–Trinajstić information content (AvgIpc) is 3.04. The lowest BCUT2D eigenvalue weighted by Crippen LogP contribution is -2.51. The minimum Gasteiger partial charge on any atom is -0.364 e. The number of amides is 1. The number of hydrogen-bond acceptors (Lipinski definition) is 6. The zero-order chi connectivity index (χ0) is 14.7. The number of rotatable bonds is 3. The number of carbonyl (C=O) groups excluding carboxylic acids is 1. The van der Waals surface area contributed by atoms with Crippen molar-refractivity contribution in [2.75, 3.05) is 37.6 Å². The van der Waals surface area contributed by atoms with Crippen molar-refractivity contribution in [1.29, 1.82) is 0 Å². The maximum atomic E-state index is 12.4. The summed E-state index contributed by atoms with van der Waals surface area (Å²) >= 11 is 0. The molecule has 7 nitrogen and oxygen atoms in total. The highest BCUT2D eigenvalue weighted by Gasteiger charge is 2.34. The maximum absolute atomic E-state index is 12.4. The summed E-state index contributed by atoms with van der Waals surface area (Å²) in [5.74, 6) is 0.967. The van der Waals surface area contributed by atoms with Crippen molar-refractivity contribution in [1.82, 2.24) is 14.9 Å². The normalized spacial score (nSPS) is 26.1. The number of nitrogens with zero attached hydrogens (tertiary/aromatic N) is 4. The Morgan fingerprint density at radius 3 is 2.71 bits per heavy atom. The van der Waals surface area contributed by atoms with Crippen molar-refractivity contribution < 1.29 is 9.53 Å². The van der Waals surface area contributed by atoms with Gasteiger partial charge in [-0.15, -0.1) is 0 Å². The molecular weight excluding hydrogens is 270 g/mol. The van der Waals surface area contributed by atoms with Crippen molar-refractivity contribution in [3.8, 4) is 0 Å². The molecule has 2 N–H and O–H groups in total. The summed E-state index contributed by atoms with van der Waals surface area (Å²) in [5, 5.41) is 0. The van der Waals surface area contributed by atoms with Gasteiger partial charge in [0.15, 0.2) is 0 Å². The third-order valence-electron chi connectivity index (χ3n) is 4.11. The first kappa shape index (κ1) is 14.2. The van der Waals surface area contributed by atoms with Crippen molar-refractivity contribution in [2.45, 2.75) is 25.0 Å². The largest absolute Gasteiger partial charge is 0.364 e. The molecule has 0 spiro atoms. The molecule has 0 radical (unpaired) electrons. The number of piperazine rings is 1. The number of aromatic nitrogens is 2. The number of ether oxygens (including phenoxy) is 1. The van der Waals surface area contributed by atoms with Gasteiger partial charge in [-0.2, -0.15) is 0 Å². The molecule has 114 valence electrons. The van der Waals surface area contributed by atoms with Gasteiger partial charge in [-0.3, -0.25) is 9.78 Å². The minimum atomic E-state index is -0.304. The van der Waals surface area contributed by atoms with Crippen molar-refractivity contribution >= 4 is 11.7 Å². The topological polar surface area (TPSA) is 84.6 Å². The smallest absolute Gasteiger partial charge is 0.251 e. The Bertz CT molecular complexity index is 476. The van der Waals surface area contributed by atoms with Gasteiger partial charge in [-0.1, -0.05) is 0 Å². The zero-order valence-corrected chi connectivity index (χ0v) is 12.0. The van der Waals surface area contributed by atoms with E-state index in [2.05, 4.69) is 14.9 Å². The van der Waals surface area contributed by atoms with Gasteiger partial charge in [0.2, 0.25) is 0 Å². The van der Waals surface area contributed by atoms with E-state index in [0.29, 0.717) is 19.6 Å². The van der Waals surface area contributed by atoms with E-state index < -0.39 is 0 Å². The monoisotopic (exact) mass is 291 g/mol. The van der Waals surface area contributed by atoms with Crippen LogP contribution in [-0.4, -0.2) is 65.7 Å². The van der Waals surface area contributed by atoms with Crippen LogP contribution in [0.25, 0.3) is 0 Å². The minimum absolute atomic E-state index is 0.0415. The van der Waals surface area contributed by atoms with E-state index >= 15 is 0 Å². The fourth-order valence-electron chi connectivity index (χ4n) is 2.87. The van der Waals surface area contributed by atoms with E-state index in [4.69, 9.17) is 10.5 Å². The first-order valence-corrected chi connectivity index (χ1v) is 7.43. The van der Waals surface area contributed by atoms with Crippen LogP contribution >= 0.6 is 0 Å². The summed E-state index contributed by atoms with van der Waals surface area (Å²) in [7, 11) is 0. The second kappa shape index (κ2) is 6.36. The van der Waals surface area contributed by atoms with Gasteiger partial charge in [0, 0.05) is 45.1 Å². The second-order valence-electron chi connectivity index (χ2n) is 5.44. The van der Waals surface area contributed by atoms with Crippen LogP contribution in [0.3, 0.4) is 0 Å². The van der Waals surface area contributed by atoms with Gasteiger partial charge in [0.1, 0.15) is 11.9 Å². The Kier molecular flexibility index (Phi) is 4.31. The summed E-state index contributed by atoms with van der Waals surface area (Å²) in [5.41, 5.74) is 5.59. The third kappa shape index (κ3) is 3.14. The van der Waals surface area contributed by atoms with Crippen LogP contribution < -0.4 is 10.6 Å². The predicted molar refractivity (Wildman–Crippen MR) is 77.8 cm³/mol. The summed E-state index contributed by atoms with van der Waals surface area (Å²) in [6.45, 7) is 3.43. The SMILES string of the molecule is NC[C@H]1CC[C@@H](C(=O)N2CCN(c3cnccn3)CC2)O1. The van der Waals surface area contributed by atoms with Crippen LogP contribution in [0.1, 0.15) is 12.8 Å². The first-order chi connectivity index (χ1) is 10.3. The molecule has 2 aliphatic rings. The molecular formula is C14H21N5O2. The quantitative estimate of drug-likeness (QED) is 0.818. The molecule has 0 aromatic carbocycles. The van der Waals surface area contributed by atoms with Crippen LogP contribution in [0.15, 0.2) is 18.6 Å². The summed E-state index contributed by atoms with van der Waals surface area (Å²) in [6, 6.07) is 0. The standard InChI is InChI=1S/C14H21N5O2/c15-9-11-1-2-12(21-11)14(20)19-7-5-18(6-8-19)13-10-16-3-4-17-13/h3-4,10-12H,1-2,5-9,15H2/t11-,12+/m1/s1. The fraction of sp³-hybridized carbons (Fsp3) is 0.643. The molecule has 1 amide bonds. The van der Waals surface area contributed by atoms with Crippen LogP contribution in [0, 0.1) is 0 Å². The van der Waals surface area contributed by atoms with Gasteiger partial charge in [-0.25, -0.2) is 4.98 Å². The van der Waals surface area contributed by atoms with Crippen LogP contribution in [0.4, 0.5) is 5.82 Å². The summed E-state index contributed by atoms with van der Waals surface area (Å²) < 4.78 is 5.68. The molecule has 2 fully saturated rings. The summed E-state index contributed by atoms with van der Waals surface area (Å²) in [6.07, 6.45) is 6.50. The molecule has 0 unspecified atom stereocenters. The molecule has 21 heavy (non-hydrogen) atoms. The van der Waals surface area contributed by atoms with E-state index in [0.717, 1.165) is 31.7 Å². The van der Waals surface area contributed by atoms with Gasteiger partial charge >= 0.3 is 0 Å². The van der Waals surface area contributed by atoms with Crippen LogP contribution in [-0.2, 0) is 9.53 Å². The fourth-order valence-corrected chi connectivity index (χ4v) is 2.87. The average molecular weight is 291 g/mol. The molecule has 1 aromatic heterocycles. The molecule has 0 saturated carbocycles. The highest BCUT2D eigenvalue weighted by molar-refractivity contribution is 5.81. The molecule has 2 aliphatic heterocycles. The van der Waals surface area contributed by atoms with Gasteiger partial charge in [-0.05, 0) is 12.8 Å². The lowest BCUT2D eigenvalue weighted by Gasteiger charge is -2.36. The molecule has 3 heterocycles. The predicted octanol–water partition coefficient (Wildman–Crippen LogP) is -0.368. The van der Waals surface area contributed by atoms with Crippen molar-refractivity contribution in [3.63, 3.8) is 0 Å². The Balaban J connectivity index is 1.53. The Morgan fingerprint density at radius 1 is 1.29 bits per heavy atom. The van der Waals surface area contributed by atoms with Crippen molar-refractivity contribution in [3.05, 3.63) is 18.6 Å². The van der Waals surface area contributed by atoms with E-state index in [1.807, 2.05) is 4.90 Å². The number of carbonyl (C=O) groups is 1. The van der Waals surface area contributed by atoms with Gasteiger partial charge in [0.05, 0.1) is 12.3 Å². The lowest BCUT2D eigenvalue weighted by atomic mass is 10.1. The molecule has 2 atom stereocenters. The zero-order valence-electron chi connectivity index (χ0n) is 12.0. The van der Waals surface area contributed by atoms with E-state index in [1.165, 1.54) is 0 Å². The lowest BCUT2D eigenvalue weighted by molar-refractivity contribution is -0.143. The van der Waals surface area contributed by atoms with E-state index in [1.54, 1.807) is 18.6 Å². The molecule has 0 aliphatic carbocycles. The Labute approximate surface area is 124 Å². The van der Waals surface area contributed by atoms with Gasteiger partial charge < -0.3 is 20.3 Å². The molecule has 1 aromatic rings. The number of anilines is 1. The Hall–Kier alpha value is -1.73. The highest BCUT2D eigenvalue weighted by Crippen LogP contribution is 2.21. The third-order valence-corrected chi connectivity index (χ3v) is 4.11. The molecule has 2 saturated heterocycles. The summed E-state index contributed by atoms with van der Waals surface area (Å²) in [4.78, 5) is 24.8. The molecule has 0 bridgehead atoms. The van der Waals surface area contributed by atoms with Crippen LogP contribution in [0.2, 0.25) is 0 Å². The Morgan fingerprint density at radius 2 is 2.10 bits per heavy atom. The molecule has 3 rings (SSSR count).